The molecule has 1 amide bonds. The summed E-state index contributed by atoms with van der Waals surface area (Å²) in [6.45, 7) is 14.1. The maximum absolute atomic E-state index is 15.2. The van der Waals surface area contributed by atoms with Gasteiger partial charge in [0.05, 0.1) is 18.7 Å². The van der Waals surface area contributed by atoms with Crippen molar-refractivity contribution in [3.05, 3.63) is 35.3 Å². The van der Waals surface area contributed by atoms with Crippen molar-refractivity contribution in [1.82, 2.24) is 9.47 Å². The van der Waals surface area contributed by atoms with E-state index in [0.29, 0.717) is 31.8 Å². The van der Waals surface area contributed by atoms with Crippen LogP contribution < -0.4 is 0 Å². The lowest BCUT2D eigenvalue weighted by Crippen LogP contribution is -2.42. The number of fused-ring (bicyclic) bond motifs is 1. The molecule has 35 heavy (non-hydrogen) atoms. The first-order valence-corrected chi connectivity index (χ1v) is 13.1. The number of piperidine rings is 1. The van der Waals surface area contributed by atoms with Crippen LogP contribution in [0.5, 0.6) is 0 Å². The minimum absolute atomic E-state index is 0.0943. The Morgan fingerprint density at radius 3 is 2.80 bits per heavy atom. The Balaban J connectivity index is 1.64. The number of ether oxygens (including phenoxy) is 3. The van der Waals surface area contributed by atoms with Crippen LogP contribution in [0.25, 0.3) is 10.9 Å². The fraction of sp³-hybridized carbons (Fsp3) is 0.679. The second-order valence-corrected chi connectivity index (χ2v) is 11.3. The van der Waals surface area contributed by atoms with Crippen LogP contribution in [0.4, 0.5) is 9.18 Å². The van der Waals surface area contributed by atoms with Gasteiger partial charge < -0.3 is 23.7 Å². The Bertz CT molecular complexity index is 1060. The molecule has 0 N–H and O–H groups in total. The van der Waals surface area contributed by atoms with E-state index in [2.05, 4.69) is 18.4 Å². The van der Waals surface area contributed by atoms with Crippen molar-refractivity contribution in [2.45, 2.75) is 104 Å². The number of aromatic nitrogens is 1. The number of halogens is 1. The summed E-state index contributed by atoms with van der Waals surface area (Å²) in [7, 11) is 0. The van der Waals surface area contributed by atoms with Gasteiger partial charge in [0.2, 0.25) is 0 Å². The summed E-state index contributed by atoms with van der Waals surface area (Å²) >= 11 is 0. The van der Waals surface area contributed by atoms with Crippen LogP contribution in [0.15, 0.2) is 18.2 Å². The van der Waals surface area contributed by atoms with Crippen LogP contribution in [0, 0.1) is 12.7 Å². The van der Waals surface area contributed by atoms with Crippen LogP contribution >= 0.6 is 0 Å². The number of benzene rings is 1. The van der Waals surface area contributed by atoms with E-state index in [-0.39, 0.29) is 23.9 Å². The molecular weight excluding hydrogens is 447 g/mol. The average Bonchev–Trinajstić information content (AvgIpc) is 3.30. The molecule has 4 rings (SSSR count). The predicted octanol–water partition coefficient (Wildman–Crippen LogP) is 6.53. The highest BCUT2D eigenvalue weighted by atomic mass is 19.1. The van der Waals surface area contributed by atoms with Crippen LogP contribution in [0.3, 0.4) is 0 Å². The molecule has 2 unspecified atom stereocenters. The standard InChI is InChI=1S/C28H41FN2O4/c1-7-8-14-28(6)33-18-21(34-28)17-31-24(19(2)22-12-9-13-23(29)25(22)31)20-11-10-15-30(16-20)26(32)35-27(3,4)5/h9,12-13,20-21H,7-8,10-11,14-18H2,1-6H3/t20?,21-,28?/m0/s1. The molecule has 2 aromatic rings. The Morgan fingerprint density at radius 1 is 1.31 bits per heavy atom. The van der Waals surface area contributed by atoms with E-state index in [1.54, 1.807) is 11.0 Å². The first kappa shape index (κ1) is 26.0. The van der Waals surface area contributed by atoms with Gasteiger partial charge in [-0.05, 0) is 65.5 Å². The van der Waals surface area contributed by atoms with Crippen molar-refractivity contribution in [2.24, 2.45) is 0 Å². The summed E-state index contributed by atoms with van der Waals surface area (Å²) in [6.07, 6.45) is 4.35. The Kier molecular flexibility index (Phi) is 7.49. The molecule has 2 aliphatic heterocycles. The largest absolute Gasteiger partial charge is 0.444 e. The fourth-order valence-corrected chi connectivity index (χ4v) is 5.57. The van der Waals surface area contributed by atoms with E-state index >= 15 is 4.39 Å². The van der Waals surface area contributed by atoms with Gasteiger partial charge in [-0.1, -0.05) is 25.5 Å². The van der Waals surface area contributed by atoms with E-state index in [0.717, 1.165) is 48.7 Å². The zero-order valence-electron chi connectivity index (χ0n) is 22.2. The zero-order valence-corrected chi connectivity index (χ0v) is 22.2. The number of amides is 1. The summed E-state index contributed by atoms with van der Waals surface area (Å²) in [5.74, 6) is -0.725. The summed E-state index contributed by atoms with van der Waals surface area (Å²) in [5, 5.41) is 0.919. The maximum Gasteiger partial charge on any atom is 0.410 e. The molecular formula is C28H41FN2O4. The lowest BCUT2D eigenvalue weighted by molar-refractivity contribution is -0.160. The molecule has 1 aromatic heterocycles. The topological polar surface area (TPSA) is 52.9 Å². The van der Waals surface area contributed by atoms with Crippen molar-refractivity contribution < 1.29 is 23.4 Å². The molecule has 6 nitrogen and oxygen atoms in total. The number of rotatable bonds is 6. The molecule has 3 heterocycles. The zero-order chi connectivity index (χ0) is 25.4. The van der Waals surface area contributed by atoms with Crippen molar-refractivity contribution in [3.63, 3.8) is 0 Å². The molecule has 0 bridgehead atoms. The van der Waals surface area contributed by atoms with Gasteiger partial charge in [0, 0.05) is 36.5 Å². The van der Waals surface area contributed by atoms with Gasteiger partial charge in [0.15, 0.2) is 5.79 Å². The highest BCUT2D eigenvalue weighted by molar-refractivity contribution is 5.86. The molecule has 0 radical (unpaired) electrons. The Labute approximate surface area is 208 Å². The SMILES string of the molecule is CCCCC1(C)OC[C@H](Cn2c(C3CCCN(C(=O)OC(C)(C)C)C3)c(C)c3cccc(F)c32)O1. The first-order valence-electron chi connectivity index (χ1n) is 13.1. The fourth-order valence-electron chi connectivity index (χ4n) is 5.57. The van der Waals surface area contributed by atoms with Crippen LogP contribution in [-0.2, 0) is 20.8 Å². The molecule has 2 aliphatic rings. The van der Waals surface area contributed by atoms with Gasteiger partial charge in [-0.2, -0.15) is 0 Å². The summed E-state index contributed by atoms with van der Waals surface area (Å²) in [6, 6.07) is 5.27. The number of carbonyl (C=O) groups is 1. The minimum Gasteiger partial charge on any atom is -0.444 e. The minimum atomic E-state index is -0.588. The number of nitrogens with zero attached hydrogens (tertiary/aromatic N) is 2. The van der Waals surface area contributed by atoms with E-state index in [4.69, 9.17) is 14.2 Å². The normalized spacial score (nSPS) is 25.4. The van der Waals surface area contributed by atoms with E-state index in [1.807, 2.05) is 33.8 Å². The molecule has 0 aliphatic carbocycles. The molecule has 0 spiro atoms. The van der Waals surface area contributed by atoms with Gasteiger partial charge in [-0.25, -0.2) is 9.18 Å². The van der Waals surface area contributed by atoms with Gasteiger partial charge in [-0.15, -0.1) is 0 Å². The Morgan fingerprint density at radius 2 is 2.09 bits per heavy atom. The maximum atomic E-state index is 15.2. The summed E-state index contributed by atoms with van der Waals surface area (Å²) in [5.41, 5.74) is 2.23. The van der Waals surface area contributed by atoms with Gasteiger partial charge >= 0.3 is 6.09 Å². The monoisotopic (exact) mass is 488 g/mol. The van der Waals surface area contributed by atoms with Crippen LogP contribution in [0.2, 0.25) is 0 Å². The number of para-hydroxylation sites is 1. The molecule has 3 atom stereocenters. The van der Waals surface area contributed by atoms with Crippen molar-refractivity contribution in [2.75, 3.05) is 19.7 Å². The lowest BCUT2D eigenvalue weighted by Gasteiger charge is -2.35. The predicted molar refractivity (Wildman–Crippen MR) is 135 cm³/mol. The molecule has 7 heteroatoms. The van der Waals surface area contributed by atoms with E-state index < -0.39 is 11.4 Å². The van der Waals surface area contributed by atoms with Gasteiger partial charge in [0.1, 0.15) is 17.5 Å². The second kappa shape index (κ2) is 10.1. The third-order valence-corrected chi connectivity index (χ3v) is 7.16. The Hall–Kier alpha value is -2.12. The van der Waals surface area contributed by atoms with Crippen molar-refractivity contribution >= 4 is 17.0 Å². The number of carbonyl (C=O) groups excluding carboxylic acids is 1. The van der Waals surface area contributed by atoms with Gasteiger partial charge in [0.25, 0.3) is 0 Å². The highest BCUT2D eigenvalue weighted by Crippen LogP contribution is 2.38. The lowest BCUT2D eigenvalue weighted by atomic mass is 9.92. The number of aryl methyl sites for hydroxylation is 1. The van der Waals surface area contributed by atoms with Gasteiger partial charge in [-0.3, -0.25) is 0 Å². The van der Waals surface area contributed by atoms with Crippen LogP contribution in [0.1, 0.15) is 83.9 Å². The van der Waals surface area contributed by atoms with Crippen molar-refractivity contribution in [3.8, 4) is 0 Å². The average molecular weight is 489 g/mol. The third kappa shape index (κ3) is 5.67. The summed E-state index contributed by atoms with van der Waals surface area (Å²) < 4.78 is 35.4. The second-order valence-electron chi connectivity index (χ2n) is 11.3. The van der Waals surface area contributed by atoms with E-state index in [9.17, 15) is 4.79 Å². The molecule has 194 valence electrons. The molecule has 2 fully saturated rings. The quantitative estimate of drug-likeness (QED) is 0.464. The molecule has 1 aromatic carbocycles. The number of hydrogen-bond donors (Lipinski definition) is 0. The highest BCUT2D eigenvalue weighted by Gasteiger charge is 2.38. The molecule has 0 saturated carbocycles. The smallest absolute Gasteiger partial charge is 0.410 e. The van der Waals surface area contributed by atoms with Crippen LogP contribution in [-0.4, -0.2) is 52.7 Å². The third-order valence-electron chi connectivity index (χ3n) is 7.16. The number of hydrogen-bond acceptors (Lipinski definition) is 4. The molecule has 2 saturated heterocycles. The summed E-state index contributed by atoms with van der Waals surface area (Å²) in [4.78, 5) is 14.6. The van der Waals surface area contributed by atoms with Crippen molar-refractivity contribution in [1.29, 1.82) is 0 Å². The number of likely N-dealkylation sites (tertiary alicyclic amines) is 1. The van der Waals surface area contributed by atoms with E-state index in [1.165, 1.54) is 6.07 Å². The first-order chi connectivity index (χ1) is 16.5. The number of unbranched alkanes of at least 4 members (excludes halogenated alkanes) is 1.